The third-order valence-electron chi connectivity index (χ3n) is 5.87. The van der Waals surface area contributed by atoms with Gasteiger partial charge in [0, 0.05) is 22.9 Å². The Balaban J connectivity index is 1.48. The highest BCUT2D eigenvalue weighted by atomic mass is 32.1. The molecule has 0 bridgehead atoms. The second-order valence-electron chi connectivity index (χ2n) is 8.49. The van der Waals surface area contributed by atoms with Crippen molar-refractivity contribution in [3.8, 4) is 28.3 Å². The van der Waals surface area contributed by atoms with Gasteiger partial charge in [-0.15, -0.1) is 5.10 Å². The average molecular weight is 476 g/mol. The number of hydrogen-bond acceptors (Lipinski definition) is 5. The van der Waals surface area contributed by atoms with Gasteiger partial charge >= 0.3 is 0 Å². The highest BCUT2D eigenvalue weighted by molar-refractivity contribution is 7.15. The van der Waals surface area contributed by atoms with E-state index in [9.17, 15) is 4.79 Å². The van der Waals surface area contributed by atoms with Crippen LogP contribution in [0, 0.1) is 13.8 Å². The summed E-state index contributed by atoms with van der Waals surface area (Å²) in [5.41, 5.74) is 6.67. The molecule has 0 fully saturated rings. The van der Waals surface area contributed by atoms with E-state index < -0.39 is 0 Å². The van der Waals surface area contributed by atoms with Crippen molar-refractivity contribution in [1.82, 2.24) is 24.4 Å². The van der Waals surface area contributed by atoms with E-state index >= 15 is 0 Å². The third-order valence-corrected chi connectivity index (χ3v) is 6.83. The maximum absolute atomic E-state index is 13.2. The van der Waals surface area contributed by atoms with Crippen molar-refractivity contribution in [1.29, 1.82) is 0 Å². The Morgan fingerprint density at radius 1 is 0.800 bits per heavy atom. The van der Waals surface area contributed by atoms with E-state index in [2.05, 4.69) is 41.3 Å². The minimum atomic E-state index is -0.182. The van der Waals surface area contributed by atoms with E-state index in [-0.39, 0.29) is 5.56 Å². The Morgan fingerprint density at radius 3 is 2.11 bits per heavy atom. The second-order valence-corrected chi connectivity index (χ2v) is 9.50. The fourth-order valence-electron chi connectivity index (χ4n) is 3.94. The third kappa shape index (κ3) is 3.96. The van der Waals surface area contributed by atoms with Crippen molar-refractivity contribution in [2.24, 2.45) is 0 Å². The normalized spacial score (nSPS) is 12.0. The predicted molar refractivity (Wildman–Crippen MR) is 140 cm³/mol. The van der Waals surface area contributed by atoms with Crippen molar-refractivity contribution in [2.45, 2.75) is 13.8 Å². The summed E-state index contributed by atoms with van der Waals surface area (Å²) >= 11 is 1.33. The van der Waals surface area contributed by atoms with Crippen LogP contribution in [0.5, 0.6) is 0 Å². The topological polar surface area (TPSA) is 65.1 Å². The number of fused-ring (bicyclic) bond motifs is 1. The van der Waals surface area contributed by atoms with Crippen LogP contribution in [0.2, 0.25) is 0 Å². The van der Waals surface area contributed by atoms with Gasteiger partial charge in [0.15, 0.2) is 5.82 Å². The molecule has 0 spiro atoms. The zero-order valence-electron chi connectivity index (χ0n) is 19.2. The number of hydrogen-bond donors (Lipinski definition) is 0. The molecule has 3 heterocycles. The smallest absolute Gasteiger partial charge is 0.266 e. The van der Waals surface area contributed by atoms with Gasteiger partial charge in [-0.2, -0.15) is 14.6 Å². The summed E-state index contributed by atoms with van der Waals surface area (Å²) in [6, 6.07) is 26.1. The first-order valence-electron chi connectivity index (χ1n) is 11.3. The first-order valence-corrected chi connectivity index (χ1v) is 12.1. The molecular formula is C28H21N5OS. The number of para-hydroxylation sites is 1. The molecular weight excluding hydrogens is 454 g/mol. The van der Waals surface area contributed by atoms with Gasteiger partial charge in [-0.1, -0.05) is 89.2 Å². The minimum absolute atomic E-state index is 0.182. The molecule has 3 aromatic heterocycles. The summed E-state index contributed by atoms with van der Waals surface area (Å²) < 4.78 is 3.80. The number of aryl methyl sites for hydroxylation is 2. The van der Waals surface area contributed by atoms with Crippen molar-refractivity contribution < 1.29 is 0 Å². The lowest BCUT2D eigenvalue weighted by Gasteiger charge is -2.01. The lowest BCUT2D eigenvalue weighted by Crippen LogP contribution is -2.23. The Labute approximate surface area is 205 Å². The highest BCUT2D eigenvalue weighted by Gasteiger charge is 2.15. The van der Waals surface area contributed by atoms with Crippen LogP contribution >= 0.6 is 11.3 Å². The van der Waals surface area contributed by atoms with Crippen LogP contribution in [-0.4, -0.2) is 24.4 Å². The molecule has 0 amide bonds. The SMILES string of the molecule is Cc1ccc(-c2nc3s/c(=C/c4cn(-c5ccccc5)nc4-c4ccc(C)cc4)c(=O)n3n2)cc1. The van der Waals surface area contributed by atoms with Crippen molar-refractivity contribution >= 4 is 22.4 Å². The minimum Gasteiger partial charge on any atom is -0.266 e. The molecule has 0 atom stereocenters. The zero-order valence-corrected chi connectivity index (χ0v) is 20.0. The lowest BCUT2D eigenvalue weighted by atomic mass is 10.1. The van der Waals surface area contributed by atoms with Crippen LogP contribution in [-0.2, 0) is 0 Å². The molecule has 0 aliphatic heterocycles. The van der Waals surface area contributed by atoms with Gasteiger partial charge in [-0.25, -0.2) is 4.68 Å². The second kappa shape index (κ2) is 8.45. The number of benzene rings is 3. The van der Waals surface area contributed by atoms with Gasteiger partial charge in [0.25, 0.3) is 5.56 Å². The van der Waals surface area contributed by atoms with Crippen molar-refractivity contribution in [2.75, 3.05) is 0 Å². The molecule has 0 unspecified atom stereocenters. The summed E-state index contributed by atoms with van der Waals surface area (Å²) in [5, 5.41) is 9.34. The molecule has 0 saturated heterocycles. The maximum atomic E-state index is 13.2. The molecule has 0 aliphatic rings. The first-order chi connectivity index (χ1) is 17.0. The summed E-state index contributed by atoms with van der Waals surface area (Å²) in [7, 11) is 0. The summed E-state index contributed by atoms with van der Waals surface area (Å²) in [5.74, 6) is 0.553. The van der Waals surface area contributed by atoms with Crippen LogP contribution in [0.1, 0.15) is 16.7 Å². The molecule has 0 N–H and O–H groups in total. The molecule has 6 rings (SSSR count). The monoisotopic (exact) mass is 475 g/mol. The molecule has 6 nitrogen and oxygen atoms in total. The molecule has 7 heteroatoms. The number of thiazole rings is 1. The molecule has 6 aromatic rings. The van der Waals surface area contributed by atoms with Gasteiger partial charge in [0.05, 0.1) is 15.9 Å². The van der Waals surface area contributed by atoms with Crippen molar-refractivity contribution in [3.63, 3.8) is 0 Å². The summed E-state index contributed by atoms with van der Waals surface area (Å²) in [6.45, 7) is 4.09. The van der Waals surface area contributed by atoms with Crippen molar-refractivity contribution in [3.05, 3.63) is 117 Å². The van der Waals surface area contributed by atoms with Crippen LogP contribution in [0.15, 0.2) is 89.9 Å². The molecule has 0 aliphatic carbocycles. The van der Waals surface area contributed by atoms with Crippen LogP contribution < -0.4 is 10.1 Å². The van der Waals surface area contributed by atoms with E-state index in [1.54, 1.807) is 0 Å². The quantitative estimate of drug-likeness (QED) is 0.366. The Kier molecular flexibility index (Phi) is 5.12. The van der Waals surface area contributed by atoms with Gasteiger partial charge in [0.1, 0.15) is 0 Å². The molecule has 0 saturated carbocycles. The van der Waals surface area contributed by atoms with Gasteiger partial charge in [0.2, 0.25) is 4.96 Å². The molecule has 170 valence electrons. The van der Waals surface area contributed by atoms with Gasteiger partial charge in [-0.3, -0.25) is 4.79 Å². The lowest BCUT2D eigenvalue weighted by molar-refractivity contribution is 0.884. The number of rotatable bonds is 4. The van der Waals surface area contributed by atoms with E-state index in [0.29, 0.717) is 15.3 Å². The van der Waals surface area contributed by atoms with Gasteiger partial charge in [-0.05, 0) is 32.1 Å². The maximum Gasteiger partial charge on any atom is 0.291 e. The van der Waals surface area contributed by atoms with Crippen LogP contribution in [0.4, 0.5) is 0 Å². The average Bonchev–Trinajstić information content (AvgIpc) is 3.56. The standard InChI is InChI=1S/C28H21N5OS/c1-18-8-12-20(13-9-18)25-22(17-32(30-25)23-6-4-3-5-7-23)16-24-27(34)33-28(35-24)29-26(31-33)21-14-10-19(2)11-15-21/h3-17H,1-2H3/b24-16+. The van der Waals surface area contributed by atoms with Gasteiger partial charge < -0.3 is 0 Å². The highest BCUT2D eigenvalue weighted by Crippen LogP contribution is 2.25. The summed E-state index contributed by atoms with van der Waals surface area (Å²) in [4.78, 5) is 18.4. The number of aromatic nitrogens is 5. The van der Waals surface area contributed by atoms with E-state index in [0.717, 1.165) is 33.6 Å². The molecule has 35 heavy (non-hydrogen) atoms. The van der Waals surface area contributed by atoms with E-state index in [4.69, 9.17) is 5.10 Å². The van der Waals surface area contributed by atoms with E-state index in [1.165, 1.54) is 21.4 Å². The Hall–Kier alpha value is -4.36. The first kappa shape index (κ1) is 21.2. The van der Waals surface area contributed by atoms with Crippen LogP contribution in [0.3, 0.4) is 0 Å². The Bertz CT molecular complexity index is 1760. The number of nitrogens with zero attached hydrogens (tertiary/aromatic N) is 5. The Morgan fingerprint density at radius 2 is 1.46 bits per heavy atom. The fraction of sp³-hybridized carbons (Fsp3) is 0.0714. The van der Waals surface area contributed by atoms with Crippen LogP contribution in [0.25, 0.3) is 39.4 Å². The molecule has 0 radical (unpaired) electrons. The largest absolute Gasteiger partial charge is 0.291 e. The predicted octanol–water partition coefficient (Wildman–Crippen LogP) is 4.84. The molecule has 3 aromatic carbocycles. The van der Waals surface area contributed by atoms with E-state index in [1.807, 2.05) is 78.5 Å². The summed E-state index contributed by atoms with van der Waals surface area (Å²) in [6.07, 6.45) is 3.84. The zero-order chi connectivity index (χ0) is 23.9. The fourth-order valence-corrected chi connectivity index (χ4v) is 4.84.